The first kappa shape index (κ1) is 24.3. The molecule has 0 saturated carbocycles. The van der Waals surface area contributed by atoms with Gasteiger partial charge in [0.05, 0.1) is 11.7 Å². The summed E-state index contributed by atoms with van der Waals surface area (Å²) in [5.41, 5.74) is 3.12. The van der Waals surface area contributed by atoms with Crippen LogP contribution in [0.15, 0.2) is 30.4 Å². The highest BCUT2D eigenvalue weighted by atomic mass is 16.8. The second-order valence-corrected chi connectivity index (χ2v) is 8.69. The van der Waals surface area contributed by atoms with Gasteiger partial charge >= 0.3 is 5.97 Å². The number of cyclic esters (lactones) is 1. The molecule has 0 radical (unpaired) electrons. The molecule has 0 aromatic heterocycles. The van der Waals surface area contributed by atoms with Crippen LogP contribution in [0.5, 0.6) is 0 Å². The number of carbonyl (C=O) groups excluding carboxylic acids is 2. The number of rotatable bonds is 3. The van der Waals surface area contributed by atoms with E-state index in [9.17, 15) is 9.59 Å². The van der Waals surface area contributed by atoms with E-state index in [0.717, 1.165) is 16.7 Å². The molecule has 2 aliphatic heterocycles. The smallest absolute Gasteiger partial charge is 0.339 e. The molecule has 174 valence electrons. The van der Waals surface area contributed by atoms with Crippen molar-refractivity contribution in [1.29, 1.82) is 0 Å². The van der Waals surface area contributed by atoms with E-state index in [1.807, 2.05) is 38.1 Å². The van der Waals surface area contributed by atoms with Gasteiger partial charge in [-0.25, -0.2) is 4.79 Å². The Morgan fingerprint density at radius 1 is 1.12 bits per heavy atom. The number of hydrogen-bond donors (Lipinski definition) is 0. The van der Waals surface area contributed by atoms with Crippen molar-refractivity contribution in [3.8, 4) is 0 Å². The van der Waals surface area contributed by atoms with E-state index in [1.165, 1.54) is 13.2 Å². The van der Waals surface area contributed by atoms with E-state index < -0.39 is 36.2 Å². The van der Waals surface area contributed by atoms with Crippen LogP contribution in [-0.4, -0.2) is 55.9 Å². The fourth-order valence-electron chi connectivity index (χ4n) is 4.06. The number of carbonyl (C=O) groups is 2. The molecule has 0 N–H and O–H groups in total. The van der Waals surface area contributed by atoms with Crippen LogP contribution in [0.2, 0.25) is 0 Å². The van der Waals surface area contributed by atoms with Gasteiger partial charge in [0, 0.05) is 7.11 Å². The zero-order chi connectivity index (χ0) is 23.5. The Labute approximate surface area is 189 Å². The fraction of sp³-hybridized carbons (Fsp3) is 0.520. The number of aryl methyl sites for hydroxylation is 2. The number of fused-ring (bicyclic) bond motifs is 2. The molecule has 1 aromatic carbocycles. The molecular weight excluding hydrogens is 412 g/mol. The third-order valence-electron chi connectivity index (χ3n) is 5.43. The minimum Gasteiger partial charge on any atom is -0.456 e. The van der Waals surface area contributed by atoms with Crippen LogP contribution in [0.4, 0.5) is 0 Å². The van der Waals surface area contributed by atoms with Crippen molar-refractivity contribution >= 4 is 17.8 Å². The molecular formula is C25H32O7. The lowest BCUT2D eigenvalue weighted by atomic mass is 9.97. The largest absolute Gasteiger partial charge is 0.456 e. The van der Waals surface area contributed by atoms with Gasteiger partial charge in [0.1, 0.15) is 25.1 Å². The fourth-order valence-corrected chi connectivity index (χ4v) is 4.06. The Balaban J connectivity index is 2.03. The highest BCUT2D eigenvalue weighted by Crippen LogP contribution is 2.32. The minimum absolute atomic E-state index is 0.0126. The van der Waals surface area contributed by atoms with Crippen molar-refractivity contribution in [1.82, 2.24) is 0 Å². The highest BCUT2D eigenvalue weighted by Gasteiger charge is 2.43. The zero-order valence-electron chi connectivity index (χ0n) is 19.5. The van der Waals surface area contributed by atoms with Gasteiger partial charge in [0.25, 0.3) is 0 Å². The summed E-state index contributed by atoms with van der Waals surface area (Å²) in [5.74, 6) is -1.55. The highest BCUT2D eigenvalue weighted by molar-refractivity contribution is 5.96. The predicted molar refractivity (Wildman–Crippen MR) is 119 cm³/mol. The van der Waals surface area contributed by atoms with Gasteiger partial charge in [-0.2, -0.15) is 0 Å². The van der Waals surface area contributed by atoms with Crippen molar-refractivity contribution in [3.63, 3.8) is 0 Å². The van der Waals surface area contributed by atoms with Crippen molar-refractivity contribution in [2.24, 2.45) is 0 Å². The topological polar surface area (TPSA) is 80.3 Å². The quantitative estimate of drug-likeness (QED) is 0.517. The average molecular weight is 445 g/mol. The lowest BCUT2D eigenvalue weighted by Crippen LogP contribution is -2.33. The van der Waals surface area contributed by atoms with Crippen molar-refractivity contribution in [2.75, 3.05) is 13.9 Å². The average Bonchev–Trinajstić information content (AvgIpc) is 3.01. The Morgan fingerprint density at radius 2 is 1.88 bits per heavy atom. The molecule has 0 aliphatic carbocycles. The normalized spacial score (nSPS) is 30.1. The Bertz CT molecular complexity index is 915. The summed E-state index contributed by atoms with van der Waals surface area (Å²) in [6.07, 6.45) is 4.70. The van der Waals surface area contributed by atoms with E-state index in [1.54, 1.807) is 26.8 Å². The molecule has 32 heavy (non-hydrogen) atoms. The zero-order valence-corrected chi connectivity index (χ0v) is 19.5. The lowest BCUT2D eigenvalue weighted by Gasteiger charge is -2.23. The van der Waals surface area contributed by atoms with E-state index in [-0.39, 0.29) is 12.6 Å². The molecule has 0 amide bonds. The number of hydrogen-bond acceptors (Lipinski definition) is 7. The Kier molecular flexibility index (Phi) is 7.67. The molecule has 0 bridgehead atoms. The maximum Gasteiger partial charge on any atom is 0.339 e. The first-order valence-corrected chi connectivity index (χ1v) is 10.8. The third-order valence-corrected chi connectivity index (χ3v) is 5.43. The summed E-state index contributed by atoms with van der Waals surface area (Å²) < 4.78 is 28.3. The van der Waals surface area contributed by atoms with Gasteiger partial charge in [-0.05, 0) is 64.3 Å². The maximum absolute atomic E-state index is 13.1. The van der Waals surface area contributed by atoms with E-state index >= 15 is 0 Å². The van der Waals surface area contributed by atoms with Crippen LogP contribution in [0, 0.1) is 13.8 Å². The Hall–Kier alpha value is -2.32. The van der Waals surface area contributed by atoms with Gasteiger partial charge in [0.2, 0.25) is 0 Å². The van der Waals surface area contributed by atoms with Gasteiger partial charge in [-0.3, -0.25) is 4.79 Å². The summed E-state index contributed by atoms with van der Waals surface area (Å²) in [6.45, 7) is 9.15. The van der Waals surface area contributed by atoms with Crippen molar-refractivity contribution < 1.29 is 33.3 Å². The molecule has 0 unspecified atom stereocenters. The van der Waals surface area contributed by atoms with Crippen LogP contribution in [-0.2, 0) is 28.5 Å². The van der Waals surface area contributed by atoms with Gasteiger partial charge < -0.3 is 23.7 Å². The SMILES string of the molecule is COCO[C@@H]1/C=C\C(=O)[C@H]2OC(C)(C)O[C@H]2C/C=C/c2cc(C)cc(C)c2C(=O)O[C@H]1C. The summed E-state index contributed by atoms with van der Waals surface area (Å²) in [6, 6.07) is 3.89. The maximum atomic E-state index is 13.1. The first-order valence-electron chi connectivity index (χ1n) is 10.8. The summed E-state index contributed by atoms with van der Waals surface area (Å²) in [5, 5.41) is 0. The first-order chi connectivity index (χ1) is 15.1. The van der Waals surface area contributed by atoms with Gasteiger partial charge in [-0.15, -0.1) is 0 Å². The van der Waals surface area contributed by atoms with Crippen molar-refractivity contribution in [3.05, 3.63) is 52.6 Å². The number of ketones is 1. The summed E-state index contributed by atoms with van der Waals surface area (Å²) >= 11 is 0. The monoisotopic (exact) mass is 444 g/mol. The minimum atomic E-state index is -0.871. The predicted octanol–water partition coefficient (Wildman–Crippen LogP) is 3.90. The van der Waals surface area contributed by atoms with Crippen LogP contribution in [0.25, 0.3) is 6.08 Å². The van der Waals surface area contributed by atoms with Gasteiger partial charge in [0.15, 0.2) is 11.6 Å². The lowest BCUT2D eigenvalue weighted by molar-refractivity contribution is -0.152. The molecule has 7 heteroatoms. The van der Waals surface area contributed by atoms with Crippen LogP contribution in [0.1, 0.15) is 54.2 Å². The van der Waals surface area contributed by atoms with Crippen LogP contribution in [0.3, 0.4) is 0 Å². The number of benzene rings is 1. The van der Waals surface area contributed by atoms with Gasteiger partial charge in [-0.1, -0.05) is 29.8 Å². The van der Waals surface area contributed by atoms with Crippen LogP contribution >= 0.6 is 0 Å². The standard InChI is InChI=1S/C25H32O7/c1-15-12-16(2)22-18(13-15)8-7-9-21-23(32-25(4,5)31-21)19(26)10-11-20(29-14-28-6)17(3)30-24(22)27/h7-8,10-13,17,20-21,23H,9,14H2,1-6H3/b8-7+,11-10-/t17-,20+,21-,23+/m0/s1. The number of methoxy groups -OCH3 is 1. The summed E-state index contributed by atoms with van der Waals surface area (Å²) in [7, 11) is 1.50. The molecule has 2 aliphatic rings. The summed E-state index contributed by atoms with van der Waals surface area (Å²) in [4.78, 5) is 26.0. The molecule has 7 nitrogen and oxygen atoms in total. The molecule has 0 spiro atoms. The number of esters is 1. The van der Waals surface area contributed by atoms with Crippen LogP contribution < -0.4 is 0 Å². The van der Waals surface area contributed by atoms with E-state index in [2.05, 4.69) is 0 Å². The second-order valence-electron chi connectivity index (χ2n) is 8.69. The van der Waals surface area contributed by atoms with E-state index in [0.29, 0.717) is 12.0 Å². The molecule has 1 fully saturated rings. The molecule has 4 atom stereocenters. The third kappa shape index (κ3) is 5.72. The van der Waals surface area contributed by atoms with Crippen molar-refractivity contribution in [2.45, 2.75) is 71.2 Å². The number of ether oxygens (including phenoxy) is 5. The molecule has 1 saturated heterocycles. The molecule has 2 heterocycles. The second kappa shape index (κ2) is 10.1. The molecule has 1 aromatic rings. The molecule has 3 rings (SSSR count). The Morgan fingerprint density at radius 3 is 2.59 bits per heavy atom. The van der Waals surface area contributed by atoms with E-state index in [4.69, 9.17) is 23.7 Å².